The van der Waals surface area contributed by atoms with Crippen LogP contribution in [0.2, 0.25) is 0 Å². The lowest BCUT2D eigenvalue weighted by Gasteiger charge is -2.18. The number of allylic oxidation sites excluding steroid dienone is 24. The van der Waals surface area contributed by atoms with Crippen LogP contribution in [0.5, 0.6) is 0 Å². The molecule has 0 aliphatic carbocycles. The number of hydrogen-bond donors (Lipinski definition) is 0. The summed E-state index contributed by atoms with van der Waals surface area (Å²) >= 11 is 0. The van der Waals surface area contributed by atoms with Crippen LogP contribution in [-0.2, 0) is 28.6 Å². The van der Waals surface area contributed by atoms with Gasteiger partial charge in [0.2, 0.25) is 0 Å². The summed E-state index contributed by atoms with van der Waals surface area (Å²) in [5.74, 6) is -1.05. The first-order chi connectivity index (χ1) is 33.0. The molecule has 1 atom stereocenters. The van der Waals surface area contributed by atoms with E-state index < -0.39 is 6.10 Å². The van der Waals surface area contributed by atoms with Gasteiger partial charge >= 0.3 is 17.9 Å². The zero-order chi connectivity index (χ0) is 48.6. The average molecular weight is 923 g/mol. The van der Waals surface area contributed by atoms with Crippen molar-refractivity contribution >= 4 is 17.9 Å². The Hall–Kier alpha value is -4.71. The van der Waals surface area contributed by atoms with Crippen LogP contribution < -0.4 is 0 Å². The molecule has 0 saturated heterocycles. The Bertz CT molecular complexity index is 1530. The van der Waals surface area contributed by atoms with Gasteiger partial charge in [-0.25, -0.2) is 0 Å². The lowest BCUT2D eigenvalue weighted by Crippen LogP contribution is -2.30. The van der Waals surface area contributed by atoms with Gasteiger partial charge in [-0.05, 0) is 122 Å². The van der Waals surface area contributed by atoms with Crippen molar-refractivity contribution in [1.82, 2.24) is 0 Å². The zero-order valence-corrected chi connectivity index (χ0v) is 42.6. The van der Waals surface area contributed by atoms with Gasteiger partial charge < -0.3 is 14.2 Å². The highest BCUT2D eigenvalue weighted by Gasteiger charge is 2.19. The van der Waals surface area contributed by atoms with E-state index >= 15 is 0 Å². The third kappa shape index (κ3) is 52.1. The molecule has 6 nitrogen and oxygen atoms in total. The molecule has 6 heteroatoms. The minimum absolute atomic E-state index is 0.124. The van der Waals surface area contributed by atoms with Gasteiger partial charge in [0.15, 0.2) is 6.10 Å². The van der Waals surface area contributed by atoms with Gasteiger partial charge in [0, 0.05) is 19.3 Å². The predicted octanol–water partition coefficient (Wildman–Crippen LogP) is 17.6. The second-order valence-electron chi connectivity index (χ2n) is 16.6. The molecule has 0 saturated carbocycles. The molecule has 0 fully saturated rings. The van der Waals surface area contributed by atoms with Crippen molar-refractivity contribution in [2.75, 3.05) is 13.2 Å². The fourth-order valence-corrected chi connectivity index (χ4v) is 6.49. The number of carbonyl (C=O) groups excluding carboxylic acids is 3. The van der Waals surface area contributed by atoms with Crippen LogP contribution in [0.1, 0.15) is 201 Å². The maximum Gasteiger partial charge on any atom is 0.306 e. The van der Waals surface area contributed by atoms with E-state index in [0.29, 0.717) is 12.8 Å². The molecule has 374 valence electrons. The predicted molar refractivity (Wildman–Crippen MR) is 288 cm³/mol. The summed E-state index contributed by atoms with van der Waals surface area (Å²) in [5, 5.41) is 0. The lowest BCUT2D eigenvalue weighted by molar-refractivity contribution is -0.166. The molecule has 67 heavy (non-hydrogen) atoms. The Kier molecular flexibility index (Phi) is 50.1. The summed E-state index contributed by atoms with van der Waals surface area (Å²) in [5.41, 5.74) is 0. The van der Waals surface area contributed by atoms with Gasteiger partial charge in [-0.3, -0.25) is 14.4 Å². The van der Waals surface area contributed by atoms with Crippen LogP contribution in [0.4, 0.5) is 0 Å². The maximum absolute atomic E-state index is 12.8. The van der Waals surface area contributed by atoms with Crippen molar-refractivity contribution in [3.8, 4) is 0 Å². The highest BCUT2D eigenvalue weighted by Crippen LogP contribution is 2.12. The molecule has 0 aliphatic heterocycles. The van der Waals surface area contributed by atoms with Crippen LogP contribution in [0.3, 0.4) is 0 Å². The summed E-state index contributed by atoms with van der Waals surface area (Å²) in [7, 11) is 0. The normalized spacial score (nSPS) is 13.3. The largest absolute Gasteiger partial charge is 0.462 e. The van der Waals surface area contributed by atoms with Crippen molar-refractivity contribution in [3.63, 3.8) is 0 Å². The molecule has 0 spiro atoms. The smallest absolute Gasteiger partial charge is 0.306 e. The van der Waals surface area contributed by atoms with Gasteiger partial charge in [-0.2, -0.15) is 0 Å². The highest BCUT2D eigenvalue weighted by molar-refractivity contribution is 5.71. The quantitative estimate of drug-likeness (QED) is 0.0262. The van der Waals surface area contributed by atoms with E-state index in [1.54, 1.807) is 0 Å². The number of esters is 3. The standard InChI is InChI=1S/C61H94O6/c1-4-7-10-13-16-19-22-25-27-28-29-30-31-32-34-36-39-42-45-48-51-54-60(63)66-57-58(56-65-59(62)53-50-47-44-41-38-35-24-21-18-15-12-9-6-3)67-61(64)55-52-49-46-43-40-37-33-26-23-20-17-14-11-8-5-2/h7-12,16-21,25-27,29-30,32-35,38,44,47,58H,4-6,13-15,22-24,28,31,36-37,39-43,45-46,48-57H2,1-3H3/b10-7-,11-8-,12-9-,19-16-,20-17-,21-18-,27-25-,30-29-,33-26-,34-32-,38-35-,47-44-. The maximum atomic E-state index is 12.8. The van der Waals surface area contributed by atoms with Gasteiger partial charge in [-0.15, -0.1) is 0 Å². The second kappa shape index (κ2) is 53.9. The van der Waals surface area contributed by atoms with E-state index in [4.69, 9.17) is 14.2 Å². The summed E-state index contributed by atoms with van der Waals surface area (Å²) in [4.78, 5) is 38.0. The third-order valence-electron chi connectivity index (χ3n) is 10.3. The highest BCUT2D eigenvalue weighted by atomic mass is 16.6. The number of ether oxygens (including phenoxy) is 3. The Labute approximate surface area is 410 Å². The molecule has 0 amide bonds. The first kappa shape index (κ1) is 62.3. The van der Waals surface area contributed by atoms with Crippen LogP contribution in [0.15, 0.2) is 146 Å². The third-order valence-corrected chi connectivity index (χ3v) is 10.3. The van der Waals surface area contributed by atoms with E-state index in [0.717, 1.165) is 154 Å². The number of unbranched alkanes of at least 4 members (excludes halogenated alkanes) is 10. The van der Waals surface area contributed by atoms with Crippen molar-refractivity contribution in [3.05, 3.63) is 146 Å². The fourth-order valence-electron chi connectivity index (χ4n) is 6.49. The van der Waals surface area contributed by atoms with E-state index in [9.17, 15) is 14.4 Å². The molecule has 0 aromatic rings. The Morgan fingerprint density at radius 2 is 0.567 bits per heavy atom. The van der Waals surface area contributed by atoms with Crippen LogP contribution in [0.25, 0.3) is 0 Å². The first-order valence-electron chi connectivity index (χ1n) is 26.3. The lowest BCUT2D eigenvalue weighted by atomic mass is 10.1. The summed E-state index contributed by atoms with van der Waals surface area (Å²) < 4.78 is 16.7. The Morgan fingerprint density at radius 3 is 0.925 bits per heavy atom. The molecule has 0 bridgehead atoms. The molecular formula is C61H94O6. The molecule has 1 unspecified atom stereocenters. The molecular weight excluding hydrogens is 829 g/mol. The number of carbonyl (C=O) groups is 3. The fraction of sp³-hybridized carbons (Fsp3) is 0.557. The minimum atomic E-state index is -0.830. The molecule has 0 aromatic carbocycles. The minimum Gasteiger partial charge on any atom is -0.462 e. The van der Waals surface area contributed by atoms with Crippen LogP contribution >= 0.6 is 0 Å². The van der Waals surface area contributed by atoms with Crippen molar-refractivity contribution < 1.29 is 28.6 Å². The molecule has 0 radical (unpaired) electrons. The van der Waals surface area contributed by atoms with Gasteiger partial charge in [0.1, 0.15) is 13.2 Å². The van der Waals surface area contributed by atoms with Crippen LogP contribution in [0, 0.1) is 0 Å². The molecule has 0 aliphatic rings. The van der Waals surface area contributed by atoms with E-state index in [2.05, 4.69) is 154 Å². The summed E-state index contributed by atoms with van der Waals surface area (Å²) in [6.45, 7) is 6.17. The molecule has 0 heterocycles. The zero-order valence-electron chi connectivity index (χ0n) is 42.6. The molecule has 0 rings (SSSR count). The van der Waals surface area contributed by atoms with Crippen molar-refractivity contribution in [1.29, 1.82) is 0 Å². The first-order valence-corrected chi connectivity index (χ1v) is 26.3. The Morgan fingerprint density at radius 1 is 0.299 bits per heavy atom. The topological polar surface area (TPSA) is 78.9 Å². The van der Waals surface area contributed by atoms with E-state index in [1.165, 1.54) is 0 Å². The van der Waals surface area contributed by atoms with Crippen LogP contribution in [-0.4, -0.2) is 37.2 Å². The number of rotatable bonds is 45. The van der Waals surface area contributed by atoms with Gasteiger partial charge in [0.25, 0.3) is 0 Å². The van der Waals surface area contributed by atoms with E-state index in [1.807, 2.05) is 12.2 Å². The second-order valence-corrected chi connectivity index (χ2v) is 16.6. The monoisotopic (exact) mass is 923 g/mol. The SMILES string of the molecule is CC/C=C\C/C=C\C/C=C\C/C=C\C/C=C\CCCCCCCC(=O)OCC(COC(=O)CC/C=C\C/C=C\C/C=C\C/C=C\CC)OC(=O)CCCCCCC/C=C\C/C=C\C/C=C\CC. The van der Waals surface area contributed by atoms with Crippen molar-refractivity contribution in [2.45, 2.75) is 207 Å². The Balaban J connectivity index is 4.53. The molecule has 0 aromatic heterocycles. The summed E-state index contributed by atoms with van der Waals surface area (Å²) in [6, 6.07) is 0. The van der Waals surface area contributed by atoms with E-state index in [-0.39, 0.29) is 44.0 Å². The number of hydrogen-bond acceptors (Lipinski definition) is 6. The molecule has 0 N–H and O–H groups in total. The van der Waals surface area contributed by atoms with Crippen molar-refractivity contribution in [2.24, 2.45) is 0 Å². The average Bonchev–Trinajstić information content (AvgIpc) is 3.33. The summed E-state index contributed by atoms with van der Waals surface area (Å²) in [6.07, 6.45) is 77.0. The van der Waals surface area contributed by atoms with Gasteiger partial charge in [0.05, 0.1) is 0 Å². The van der Waals surface area contributed by atoms with Gasteiger partial charge in [-0.1, -0.05) is 205 Å².